The van der Waals surface area contributed by atoms with Crippen molar-refractivity contribution >= 4 is 52.2 Å². The van der Waals surface area contributed by atoms with Crippen molar-refractivity contribution in [3.8, 4) is 11.3 Å². The number of methoxy groups -OCH3 is 1. The molecule has 0 atom stereocenters. The predicted molar refractivity (Wildman–Crippen MR) is 154 cm³/mol. The van der Waals surface area contributed by atoms with Gasteiger partial charge in [0.1, 0.15) is 28.6 Å². The molecule has 4 N–H and O–H groups in total. The normalized spacial score (nSPS) is 10.9. The van der Waals surface area contributed by atoms with Gasteiger partial charge < -0.3 is 34.9 Å². The molecule has 4 aromatic rings. The van der Waals surface area contributed by atoms with Gasteiger partial charge in [-0.25, -0.2) is 14.8 Å². The second-order valence-electron chi connectivity index (χ2n) is 8.47. The van der Waals surface area contributed by atoms with E-state index < -0.39 is 5.97 Å². The number of hydrogen-bond donors (Lipinski definition) is 4. The van der Waals surface area contributed by atoms with Crippen LogP contribution in [0.25, 0.3) is 11.3 Å². The van der Waals surface area contributed by atoms with E-state index in [1.165, 1.54) is 12.4 Å². The lowest BCUT2D eigenvalue weighted by molar-refractivity contribution is 0.0697. The van der Waals surface area contributed by atoms with Crippen molar-refractivity contribution < 1.29 is 23.8 Å². The highest BCUT2D eigenvalue weighted by Crippen LogP contribution is 2.34. The van der Waals surface area contributed by atoms with Crippen LogP contribution in [0.2, 0.25) is 10.0 Å². The summed E-state index contributed by atoms with van der Waals surface area (Å²) >= 11 is 12.5. The third-order valence-corrected chi connectivity index (χ3v) is 6.16. The summed E-state index contributed by atoms with van der Waals surface area (Å²) in [5, 5.41) is 20.4. The molecule has 0 spiro atoms. The van der Waals surface area contributed by atoms with Crippen molar-refractivity contribution in [1.82, 2.24) is 15.0 Å². The number of benzene rings is 1. The monoisotopic (exact) mass is 586 g/mol. The van der Waals surface area contributed by atoms with Gasteiger partial charge in [-0.05, 0) is 43.3 Å². The SMILES string of the molecule is COCCOCCNc1nc(C)nc(Nc2ccncc2C(=O)O)c1NCc1ccc(-c2cc(Cl)ccc2Cl)o1. The van der Waals surface area contributed by atoms with Gasteiger partial charge in [-0.1, -0.05) is 23.2 Å². The number of halogens is 2. The van der Waals surface area contributed by atoms with Crippen LogP contribution < -0.4 is 16.0 Å². The van der Waals surface area contributed by atoms with E-state index in [9.17, 15) is 9.90 Å². The molecule has 0 fully saturated rings. The van der Waals surface area contributed by atoms with Crippen LogP contribution >= 0.6 is 23.2 Å². The number of nitrogens with one attached hydrogen (secondary N) is 3. The molecule has 0 amide bonds. The summed E-state index contributed by atoms with van der Waals surface area (Å²) in [6.07, 6.45) is 2.77. The fourth-order valence-corrected chi connectivity index (χ4v) is 4.11. The number of aromatic nitrogens is 3. The highest BCUT2D eigenvalue weighted by Gasteiger charge is 2.18. The molecule has 0 aliphatic rings. The molecule has 1 aromatic carbocycles. The van der Waals surface area contributed by atoms with Crippen molar-refractivity contribution in [2.45, 2.75) is 13.5 Å². The quantitative estimate of drug-likeness (QED) is 0.131. The molecule has 13 heteroatoms. The minimum absolute atomic E-state index is 0.000144. The first kappa shape index (κ1) is 29.1. The van der Waals surface area contributed by atoms with Crippen LogP contribution in [0, 0.1) is 6.92 Å². The molecule has 0 saturated heterocycles. The number of hydrogen-bond acceptors (Lipinski definition) is 10. The van der Waals surface area contributed by atoms with Gasteiger partial charge in [0.2, 0.25) is 0 Å². The minimum atomic E-state index is -1.12. The summed E-state index contributed by atoms with van der Waals surface area (Å²) in [4.78, 5) is 24.8. The highest BCUT2D eigenvalue weighted by atomic mass is 35.5. The summed E-state index contributed by atoms with van der Waals surface area (Å²) < 4.78 is 16.6. The van der Waals surface area contributed by atoms with E-state index >= 15 is 0 Å². The Labute approximate surface area is 240 Å². The molecule has 3 aromatic heterocycles. The number of carbonyl (C=O) groups is 1. The first-order valence-electron chi connectivity index (χ1n) is 12.3. The third kappa shape index (κ3) is 7.60. The summed E-state index contributed by atoms with van der Waals surface area (Å²) in [6, 6.07) is 10.4. The summed E-state index contributed by atoms with van der Waals surface area (Å²) in [5.74, 6) is 1.40. The van der Waals surface area contributed by atoms with Gasteiger partial charge >= 0.3 is 5.97 Å². The fourth-order valence-electron chi connectivity index (χ4n) is 3.73. The number of rotatable bonds is 14. The van der Waals surface area contributed by atoms with Crippen molar-refractivity contribution in [3.63, 3.8) is 0 Å². The number of aryl methyl sites for hydroxylation is 1. The largest absolute Gasteiger partial charge is 0.478 e. The van der Waals surface area contributed by atoms with Gasteiger partial charge in [-0.15, -0.1) is 0 Å². The lowest BCUT2D eigenvalue weighted by Gasteiger charge is -2.18. The van der Waals surface area contributed by atoms with Crippen molar-refractivity contribution in [2.75, 3.05) is 49.4 Å². The van der Waals surface area contributed by atoms with E-state index in [-0.39, 0.29) is 12.1 Å². The van der Waals surface area contributed by atoms with Gasteiger partial charge in [0.05, 0.1) is 37.1 Å². The van der Waals surface area contributed by atoms with Crippen molar-refractivity contribution in [1.29, 1.82) is 0 Å². The Morgan fingerprint density at radius 2 is 1.88 bits per heavy atom. The molecule has 3 heterocycles. The fraction of sp³-hybridized carbons (Fsp3) is 0.259. The molecule has 40 heavy (non-hydrogen) atoms. The smallest absolute Gasteiger partial charge is 0.339 e. The van der Waals surface area contributed by atoms with Crippen LogP contribution in [-0.4, -0.2) is 59.5 Å². The van der Waals surface area contributed by atoms with E-state index in [4.69, 9.17) is 37.1 Å². The average Bonchev–Trinajstić information content (AvgIpc) is 3.40. The number of pyridine rings is 1. The maximum atomic E-state index is 11.8. The standard InChI is InChI=1S/C27H28Cl2N6O5/c1-16-33-25(31-9-10-39-12-11-38-2)24(26(34-16)35-22-7-8-30-15-20(22)27(36)37)32-14-18-4-6-23(40-18)19-13-17(28)3-5-21(19)29/h3-8,13,15,32H,9-12,14H2,1-2H3,(H,36,37)(H2,30,31,33,34,35). The topological polar surface area (TPSA) is 144 Å². The van der Waals surface area contributed by atoms with E-state index in [2.05, 4.69) is 30.9 Å². The van der Waals surface area contributed by atoms with E-state index in [0.717, 1.165) is 0 Å². The van der Waals surface area contributed by atoms with E-state index in [0.29, 0.717) is 82.3 Å². The van der Waals surface area contributed by atoms with Crippen LogP contribution in [0.4, 0.5) is 23.0 Å². The molecule has 0 unspecified atom stereocenters. The Hall–Kier alpha value is -3.90. The highest BCUT2D eigenvalue weighted by molar-refractivity contribution is 6.35. The average molecular weight is 587 g/mol. The lowest BCUT2D eigenvalue weighted by Crippen LogP contribution is -2.16. The molecule has 4 rings (SSSR count). The molecule has 11 nitrogen and oxygen atoms in total. The van der Waals surface area contributed by atoms with Crippen LogP contribution in [0.1, 0.15) is 21.9 Å². The number of carboxylic acid groups (broad SMARTS) is 1. The molecule has 0 aliphatic carbocycles. The van der Waals surface area contributed by atoms with Gasteiger partial charge in [0, 0.05) is 36.6 Å². The number of nitrogens with zero attached hydrogens (tertiary/aromatic N) is 3. The maximum absolute atomic E-state index is 11.8. The Morgan fingerprint density at radius 1 is 1.05 bits per heavy atom. The minimum Gasteiger partial charge on any atom is -0.478 e. The Morgan fingerprint density at radius 3 is 2.67 bits per heavy atom. The first-order chi connectivity index (χ1) is 19.4. The van der Waals surface area contributed by atoms with Crippen LogP contribution in [0.15, 0.2) is 53.2 Å². The number of aromatic carboxylic acids is 1. The van der Waals surface area contributed by atoms with E-state index in [1.54, 1.807) is 38.3 Å². The van der Waals surface area contributed by atoms with Gasteiger partial charge in [0.15, 0.2) is 11.6 Å². The van der Waals surface area contributed by atoms with Gasteiger partial charge in [-0.3, -0.25) is 4.98 Å². The molecule has 210 valence electrons. The second-order valence-corrected chi connectivity index (χ2v) is 9.31. The summed E-state index contributed by atoms with van der Waals surface area (Å²) in [7, 11) is 1.61. The van der Waals surface area contributed by atoms with Crippen molar-refractivity contribution in [3.05, 3.63) is 76.0 Å². The van der Waals surface area contributed by atoms with Crippen LogP contribution in [-0.2, 0) is 16.0 Å². The molecule has 0 bridgehead atoms. The number of ether oxygens (including phenoxy) is 2. The van der Waals surface area contributed by atoms with Gasteiger partial charge in [0.25, 0.3) is 0 Å². The molecule has 0 radical (unpaired) electrons. The first-order valence-corrected chi connectivity index (χ1v) is 13.0. The Kier molecular flexibility index (Phi) is 10.1. The van der Waals surface area contributed by atoms with E-state index in [1.807, 2.05) is 12.1 Å². The maximum Gasteiger partial charge on any atom is 0.339 e. The zero-order chi connectivity index (χ0) is 28.5. The molecular formula is C27H28Cl2N6O5. The van der Waals surface area contributed by atoms with Crippen LogP contribution in [0.3, 0.4) is 0 Å². The molecule has 0 saturated carbocycles. The molecule has 0 aliphatic heterocycles. The summed E-state index contributed by atoms with van der Waals surface area (Å²) in [6.45, 7) is 3.85. The third-order valence-electron chi connectivity index (χ3n) is 5.59. The Bertz CT molecular complexity index is 1470. The van der Waals surface area contributed by atoms with Gasteiger partial charge in [-0.2, -0.15) is 0 Å². The number of furan rings is 1. The predicted octanol–water partition coefficient (Wildman–Crippen LogP) is 5.88. The van der Waals surface area contributed by atoms with Crippen molar-refractivity contribution in [2.24, 2.45) is 0 Å². The second kappa shape index (κ2) is 13.9. The number of carboxylic acids is 1. The molecular weight excluding hydrogens is 559 g/mol. The zero-order valence-electron chi connectivity index (χ0n) is 21.8. The summed E-state index contributed by atoms with van der Waals surface area (Å²) in [5.41, 5.74) is 1.51. The number of anilines is 4. The van der Waals surface area contributed by atoms with Crippen LogP contribution in [0.5, 0.6) is 0 Å². The zero-order valence-corrected chi connectivity index (χ0v) is 23.3. The Balaban J connectivity index is 1.60. The lowest BCUT2D eigenvalue weighted by atomic mass is 10.2.